The maximum Gasteiger partial charge on any atom is 0.343 e. The molecule has 0 aliphatic carbocycles. The number of amides is 6. The molecule has 9 heterocycles. The van der Waals surface area contributed by atoms with E-state index in [-0.39, 0.29) is 29.8 Å². The minimum absolute atomic E-state index is 0.00102. The van der Waals surface area contributed by atoms with Crippen LogP contribution in [0.2, 0.25) is 0 Å². The van der Waals surface area contributed by atoms with E-state index in [0.717, 1.165) is 48.2 Å². The van der Waals surface area contributed by atoms with Crippen LogP contribution in [-0.4, -0.2) is 141 Å². The molecule has 0 spiro atoms. The molecule has 20 nitrogen and oxygen atoms in total. The Hall–Kier alpha value is -6.93. The van der Waals surface area contributed by atoms with Gasteiger partial charge in [0.05, 0.1) is 35.2 Å². The average Bonchev–Trinajstić information content (AvgIpc) is 4.08. The van der Waals surface area contributed by atoms with Crippen LogP contribution in [-0.2, 0) is 4.79 Å². The van der Waals surface area contributed by atoms with Crippen LogP contribution in [0.4, 0.5) is 28.0 Å². The lowest BCUT2D eigenvalue weighted by molar-refractivity contribution is -0.122. The van der Waals surface area contributed by atoms with Crippen molar-refractivity contribution >= 4 is 64.1 Å². The van der Waals surface area contributed by atoms with E-state index < -0.39 is 35.8 Å². The lowest BCUT2D eigenvalue weighted by atomic mass is 9.94. The molecule has 62 heavy (non-hydrogen) atoms. The number of piperazine rings is 1. The highest BCUT2D eigenvalue weighted by atomic mass is 16.4. The Morgan fingerprint density at radius 2 is 1.71 bits per heavy atom. The van der Waals surface area contributed by atoms with Gasteiger partial charge in [-0.05, 0) is 56.4 Å². The van der Waals surface area contributed by atoms with Crippen LogP contribution in [0.15, 0.2) is 57.7 Å². The molecule has 1 atom stereocenters. The number of hydrazine groups is 1. The number of nitrogens with one attached hydrogen (secondary N) is 2. The first-order valence-corrected chi connectivity index (χ1v) is 20.9. The van der Waals surface area contributed by atoms with Crippen LogP contribution >= 0.6 is 0 Å². The molecule has 5 aromatic rings. The Balaban J connectivity index is 0.769. The number of aliphatic hydroxyl groups is 1. The normalized spacial score (nSPS) is 20.2. The minimum atomic E-state index is -0.786. The standard InChI is InChI=1S/C42H44N12O8/c1-24-19-26(5-10-43-24)38-45-30(23-61-38)37(57)44-29-20-32-35(47-36(29)52-13-8-27(55)22-52)48-42(62-32)51-17-15-49(16-18-51)21-25-6-11-50(12-7-25)31-4-2-3-28-34(31)40(59)54(39(28)58)53-14-9-33(56)46-41(53)60/h2-5,10,19-20,23,25,27,55H,6-9,11-18,21-22H2,1H3,(H,44,57)(H,46,56,60)/t27-/m1/s1. The molecule has 4 aromatic heterocycles. The Morgan fingerprint density at radius 3 is 2.47 bits per heavy atom. The van der Waals surface area contributed by atoms with Gasteiger partial charge in [0.2, 0.25) is 17.4 Å². The number of aromatic nitrogens is 4. The zero-order valence-electron chi connectivity index (χ0n) is 34.0. The fourth-order valence-electron chi connectivity index (χ4n) is 8.95. The van der Waals surface area contributed by atoms with Gasteiger partial charge in [0.15, 0.2) is 17.1 Å². The number of rotatable bonds is 9. The zero-order chi connectivity index (χ0) is 42.6. The summed E-state index contributed by atoms with van der Waals surface area (Å²) >= 11 is 0. The van der Waals surface area contributed by atoms with Gasteiger partial charge in [-0.25, -0.2) is 19.8 Å². The lowest BCUT2D eigenvalue weighted by Gasteiger charge is -2.39. The summed E-state index contributed by atoms with van der Waals surface area (Å²) in [6, 6.07) is 10.2. The fraction of sp³-hybridized carbons (Fsp3) is 0.405. The number of piperidine rings is 1. The van der Waals surface area contributed by atoms with Crippen molar-refractivity contribution in [2.75, 3.05) is 85.5 Å². The van der Waals surface area contributed by atoms with Gasteiger partial charge in [0.25, 0.3) is 23.7 Å². The third kappa shape index (κ3) is 7.33. The average molecular weight is 845 g/mol. The van der Waals surface area contributed by atoms with Crippen LogP contribution in [0.25, 0.3) is 22.7 Å². The molecular weight excluding hydrogens is 801 g/mol. The van der Waals surface area contributed by atoms with Gasteiger partial charge in [-0.1, -0.05) is 6.07 Å². The molecular formula is C42H44N12O8. The number of urea groups is 1. The van der Waals surface area contributed by atoms with Gasteiger partial charge in [-0.15, -0.1) is 0 Å². The second-order valence-electron chi connectivity index (χ2n) is 16.3. The molecule has 20 heteroatoms. The Morgan fingerprint density at radius 1 is 0.903 bits per heavy atom. The van der Waals surface area contributed by atoms with Crippen molar-refractivity contribution in [1.82, 2.24) is 40.2 Å². The molecule has 10 rings (SSSR count). The smallest absolute Gasteiger partial charge is 0.343 e. The molecule has 0 bridgehead atoms. The predicted molar refractivity (Wildman–Crippen MR) is 222 cm³/mol. The number of benzene rings is 1. The van der Waals surface area contributed by atoms with Crippen molar-refractivity contribution in [1.29, 1.82) is 0 Å². The first-order valence-electron chi connectivity index (χ1n) is 20.9. The molecule has 4 saturated heterocycles. The summed E-state index contributed by atoms with van der Waals surface area (Å²) in [6.45, 7) is 8.06. The topological polar surface area (TPSA) is 227 Å². The van der Waals surface area contributed by atoms with E-state index in [4.69, 9.17) is 18.8 Å². The quantitative estimate of drug-likeness (QED) is 0.181. The molecule has 5 aliphatic heterocycles. The summed E-state index contributed by atoms with van der Waals surface area (Å²) in [5.74, 6) is -0.847. The van der Waals surface area contributed by atoms with Crippen molar-refractivity contribution < 1.29 is 37.9 Å². The van der Waals surface area contributed by atoms with E-state index in [1.807, 2.05) is 24.0 Å². The van der Waals surface area contributed by atoms with Crippen LogP contribution in [0.3, 0.4) is 0 Å². The minimum Gasteiger partial charge on any atom is -0.444 e. The molecule has 0 radical (unpaired) electrons. The molecule has 320 valence electrons. The van der Waals surface area contributed by atoms with Gasteiger partial charge in [0.1, 0.15) is 6.26 Å². The van der Waals surface area contributed by atoms with E-state index >= 15 is 0 Å². The summed E-state index contributed by atoms with van der Waals surface area (Å²) in [5, 5.41) is 17.3. The number of fused-ring (bicyclic) bond motifs is 2. The third-order valence-corrected chi connectivity index (χ3v) is 12.2. The first-order chi connectivity index (χ1) is 30.1. The SMILES string of the molecule is Cc1cc(-c2nc(C(=O)Nc3cc4oc(N5CCN(CC6CCN(c7cccc8c7C(=O)N(N7CCC(=O)NC7=O)C8=O)CC6)CC5)nc4nc3N3CC[C@@H](O)C3)co2)ccn1. The number of oxazole rings is 2. The number of anilines is 4. The van der Waals surface area contributed by atoms with Crippen molar-refractivity contribution in [3.05, 3.63) is 71.4 Å². The highest BCUT2D eigenvalue weighted by Crippen LogP contribution is 2.36. The Kier molecular flexibility index (Phi) is 10.0. The highest BCUT2D eigenvalue weighted by Gasteiger charge is 2.45. The molecule has 5 aliphatic rings. The van der Waals surface area contributed by atoms with Crippen LogP contribution in [0.1, 0.15) is 62.6 Å². The van der Waals surface area contributed by atoms with Crippen molar-refractivity contribution in [3.8, 4) is 11.5 Å². The zero-order valence-corrected chi connectivity index (χ0v) is 34.0. The van der Waals surface area contributed by atoms with E-state index in [2.05, 4.69) is 35.3 Å². The number of aryl methyl sites for hydroxylation is 1. The van der Waals surface area contributed by atoms with Crippen LogP contribution < -0.4 is 25.3 Å². The molecule has 6 amide bonds. The van der Waals surface area contributed by atoms with Gasteiger partial charge in [-0.3, -0.25) is 34.4 Å². The van der Waals surface area contributed by atoms with Crippen molar-refractivity contribution in [3.63, 3.8) is 0 Å². The number of hydrogen-bond acceptors (Lipinski definition) is 16. The van der Waals surface area contributed by atoms with E-state index in [1.54, 1.807) is 30.5 Å². The number of carbonyl (C=O) groups is 5. The lowest BCUT2D eigenvalue weighted by Crippen LogP contribution is -2.58. The highest BCUT2D eigenvalue weighted by molar-refractivity contribution is 6.24. The number of aliphatic hydroxyl groups excluding tert-OH is 1. The number of hydrogen-bond donors (Lipinski definition) is 3. The van der Waals surface area contributed by atoms with E-state index in [9.17, 15) is 29.1 Å². The Labute approximate surface area is 354 Å². The summed E-state index contributed by atoms with van der Waals surface area (Å²) in [5.41, 5.74) is 4.03. The molecule has 3 N–H and O–H groups in total. The van der Waals surface area contributed by atoms with Gasteiger partial charge in [-0.2, -0.15) is 9.99 Å². The van der Waals surface area contributed by atoms with Crippen molar-refractivity contribution in [2.24, 2.45) is 5.92 Å². The second-order valence-corrected chi connectivity index (χ2v) is 16.3. The molecule has 0 saturated carbocycles. The summed E-state index contributed by atoms with van der Waals surface area (Å²) in [6.07, 6.45) is 4.82. The van der Waals surface area contributed by atoms with Gasteiger partial charge >= 0.3 is 6.03 Å². The third-order valence-electron chi connectivity index (χ3n) is 12.2. The molecule has 0 unspecified atom stereocenters. The summed E-state index contributed by atoms with van der Waals surface area (Å²) < 4.78 is 11.9. The number of carbonyl (C=O) groups excluding carboxylic acids is 5. The monoisotopic (exact) mass is 844 g/mol. The first kappa shape index (κ1) is 39.2. The van der Waals surface area contributed by atoms with Crippen LogP contribution in [0.5, 0.6) is 0 Å². The van der Waals surface area contributed by atoms with Gasteiger partial charge in [0, 0.05) is 88.8 Å². The van der Waals surface area contributed by atoms with Gasteiger partial charge < -0.3 is 34.0 Å². The Bertz CT molecular complexity index is 2610. The fourth-order valence-corrected chi connectivity index (χ4v) is 8.95. The largest absolute Gasteiger partial charge is 0.444 e. The molecule has 1 aromatic carbocycles. The maximum atomic E-state index is 13.6. The predicted octanol–water partition coefficient (Wildman–Crippen LogP) is 2.90. The summed E-state index contributed by atoms with van der Waals surface area (Å²) in [7, 11) is 0. The van der Waals surface area contributed by atoms with Crippen molar-refractivity contribution in [2.45, 2.75) is 38.7 Å². The van der Waals surface area contributed by atoms with Crippen LogP contribution in [0, 0.1) is 12.8 Å². The number of imide groups is 2. The van der Waals surface area contributed by atoms with E-state index in [0.29, 0.717) is 97.5 Å². The number of pyridine rings is 2. The maximum absolute atomic E-state index is 13.6. The molecule has 4 fully saturated rings. The van der Waals surface area contributed by atoms with E-state index in [1.165, 1.54) is 6.26 Å². The second kappa shape index (κ2) is 15.8. The summed E-state index contributed by atoms with van der Waals surface area (Å²) in [4.78, 5) is 91.5. The number of β-amino-alcohol motifs (C(OH)–C–C–N with tert-alkyl or cyclic N) is 1. The number of nitrogens with zero attached hydrogens (tertiary/aromatic N) is 10.